The summed E-state index contributed by atoms with van der Waals surface area (Å²) >= 11 is 5.93. The summed E-state index contributed by atoms with van der Waals surface area (Å²) in [5.74, 6) is 0.302. The summed E-state index contributed by atoms with van der Waals surface area (Å²) in [6.07, 6.45) is 0.316. The summed E-state index contributed by atoms with van der Waals surface area (Å²) in [6.45, 7) is 2.21. The van der Waals surface area contributed by atoms with E-state index in [1.54, 1.807) is 43.4 Å². The number of rotatable bonds is 2. The molecule has 2 aromatic carbocycles. The van der Waals surface area contributed by atoms with Crippen molar-refractivity contribution in [3.05, 3.63) is 52.5 Å². The molecular formula is C18H17ClN2O3. The fraction of sp³-hybridized carbons (Fsp3) is 0.222. The van der Waals surface area contributed by atoms with Crippen LogP contribution in [0.3, 0.4) is 0 Å². The minimum atomic E-state index is -0.256. The topological polar surface area (TPSA) is 58.6 Å². The van der Waals surface area contributed by atoms with Crippen LogP contribution in [0.2, 0.25) is 5.02 Å². The van der Waals surface area contributed by atoms with Gasteiger partial charge >= 0.3 is 0 Å². The second kappa shape index (κ2) is 6.53. The number of ether oxygens (including phenoxy) is 1. The average molecular weight is 345 g/mol. The van der Waals surface area contributed by atoms with E-state index in [1.165, 1.54) is 4.90 Å². The summed E-state index contributed by atoms with van der Waals surface area (Å²) in [6, 6.07) is 10.3. The molecule has 1 aliphatic heterocycles. The summed E-state index contributed by atoms with van der Waals surface area (Å²) in [5, 5.41) is 3.48. The van der Waals surface area contributed by atoms with E-state index in [4.69, 9.17) is 16.3 Å². The van der Waals surface area contributed by atoms with Crippen LogP contribution in [-0.2, 0) is 4.79 Å². The lowest BCUT2D eigenvalue weighted by Crippen LogP contribution is -2.25. The Balaban J connectivity index is 1.88. The van der Waals surface area contributed by atoms with Gasteiger partial charge in [-0.25, -0.2) is 0 Å². The maximum Gasteiger partial charge on any atom is 0.255 e. The number of benzene rings is 2. The minimum absolute atomic E-state index is 0.0418. The number of carbonyl (C=O) groups excluding carboxylic acids is 2. The van der Waals surface area contributed by atoms with Crippen molar-refractivity contribution < 1.29 is 14.3 Å². The summed E-state index contributed by atoms with van der Waals surface area (Å²) in [7, 11) is 1.68. The van der Waals surface area contributed by atoms with Crippen molar-refractivity contribution in [2.45, 2.75) is 13.3 Å². The lowest BCUT2D eigenvalue weighted by atomic mass is 10.1. The molecule has 3 rings (SSSR count). The molecule has 0 atom stereocenters. The number of hydrogen-bond donors (Lipinski definition) is 1. The first-order valence-electron chi connectivity index (χ1n) is 7.56. The van der Waals surface area contributed by atoms with Gasteiger partial charge in [0.2, 0.25) is 5.91 Å². The zero-order valence-corrected chi connectivity index (χ0v) is 14.2. The fourth-order valence-corrected chi connectivity index (χ4v) is 2.78. The van der Waals surface area contributed by atoms with E-state index in [2.05, 4.69) is 5.32 Å². The van der Waals surface area contributed by atoms with Gasteiger partial charge in [0.15, 0.2) is 0 Å². The highest BCUT2D eigenvalue weighted by Crippen LogP contribution is 2.32. The van der Waals surface area contributed by atoms with Crippen molar-refractivity contribution in [1.29, 1.82) is 0 Å². The van der Waals surface area contributed by atoms with Crippen molar-refractivity contribution in [3.63, 3.8) is 0 Å². The van der Waals surface area contributed by atoms with E-state index in [9.17, 15) is 9.59 Å². The van der Waals surface area contributed by atoms with Crippen molar-refractivity contribution in [1.82, 2.24) is 0 Å². The van der Waals surface area contributed by atoms with Crippen LogP contribution in [-0.4, -0.2) is 25.5 Å². The van der Waals surface area contributed by atoms with E-state index in [1.807, 2.05) is 6.92 Å². The highest BCUT2D eigenvalue weighted by atomic mass is 35.5. The summed E-state index contributed by atoms with van der Waals surface area (Å²) in [4.78, 5) is 26.0. The first kappa shape index (κ1) is 16.3. The van der Waals surface area contributed by atoms with Crippen LogP contribution >= 0.6 is 11.6 Å². The van der Waals surface area contributed by atoms with Crippen molar-refractivity contribution in [2.24, 2.45) is 0 Å². The van der Waals surface area contributed by atoms with Gasteiger partial charge < -0.3 is 15.0 Å². The Morgan fingerprint density at radius 2 is 2.04 bits per heavy atom. The van der Waals surface area contributed by atoms with Crippen molar-refractivity contribution in [2.75, 3.05) is 23.9 Å². The third-order valence-electron chi connectivity index (χ3n) is 3.97. The zero-order chi connectivity index (χ0) is 17.3. The minimum Gasteiger partial charge on any atom is -0.491 e. The van der Waals surface area contributed by atoms with Crippen molar-refractivity contribution in [3.8, 4) is 5.75 Å². The number of halogens is 1. The molecule has 2 aromatic rings. The van der Waals surface area contributed by atoms with Gasteiger partial charge in [0.05, 0.1) is 18.7 Å². The molecule has 2 amide bonds. The van der Waals surface area contributed by atoms with Crippen LogP contribution < -0.4 is 15.0 Å². The molecule has 0 aromatic heterocycles. The highest BCUT2D eigenvalue weighted by molar-refractivity contribution is 6.30. The number of carbonyl (C=O) groups is 2. The Kier molecular flexibility index (Phi) is 4.44. The van der Waals surface area contributed by atoms with Gasteiger partial charge in [0, 0.05) is 23.3 Å². The molecule has 5 nitrogen and oxygen atoms in total. The summed E-state index contributed by atoms with van der Waals surface area (Å²) < 4.78 is 5.57. The molecule has 0 fully saturated rings. The largest absolute Gasteiger partial charge is 0.491 e. The molecule has 0 saturated heterocycles. The van der Waals surface area contributed by atoms with Crippen LogP contribution in [0.4, 0.5) is 11.4 Å². The second-order valence-electron chi connectivity index (χ2n) is 5.65. The molecule has 0 spiro atoms. The van der Waals surface area contributed by atoms with Crippen LogP contribution in [0.15, 0.2) is 36.4 Å². The van der Waals surface area contributed by atoms with Gasteiger partial charge in [-0.1, -0.05) is 11.6 Å². The molecular weight excluding hydrogens is 328 g/mol. The maximum atomic E-state index is 12.5. The van der Waals surface area contributed by atoms with E-state index >= 15 is 0 Å². The van der Waals surface area contributed by atoms with Gasteiger partial charge in [-0.3, -0.25) is 9.59 Å². The highest BCUT2D eigenvalue weighted by Gasteiger charge is 2.21. The number of amides is 2. The normalized spacial score (nSPS) is 13.8. The molecule has 0 aliphatic carbocycles. The molecule has 0 saturated carbocycles. The van der Waals surface area contributed by atoms with Gasteiger partial charge in [-0.15, -0.1) is 0 Å². The maximum absolute atomic E-state index is 12.5. The van der Waals surface area contributed by atoms with Gasteiger partial charge in [-0.2, -0.15) is 0 Å². The average Bonchev–Trinajstić information content (AvgIpc) is 2.69. The molecule has 0 bridgehead atoms. The Hall–Kier alpha value is -2.53. The Morgan fingerprint density at radius 3 is 2.79 bits per heavy atom. The van der Waals surface area contributed by atoms with Gasteiger partial charge in [0.25, 0.3) is 5.91 Å². The van der Waals surface area contributed by atoms with Gasteiger partial charge in [-0.05, 0) is 48.9 Å². The molecule has 0 radical (unpaired) electrons. The molecule has 1 heterocycles. The number of nitrogens with one attached hydrogen (secondary N) is 1. The number of aryl methyl sites for hydroxylation is 1. The third kappa shape index (κ3) is 3.21. The Morgan fingerprint density at radius 1 is 1.25 bits per heavy atom. The van der Waals surface area contributed by atoms with E-state index in [0.717, 1.165) is 5.56 Å². The zero-order valence-electron chi connectivity index (χ0n) is 13.4. The summed E-state index contributed by atoms with van der Waals surface area (Å²) in [5.41, 5.74) is 2.62. The monoisotopic (exact) mass is 344 g/mol. The Labute approximate surface area is 145 Å². The smallest absolute Gasteiger partial charge is 0.255 e. The SMILES string of the molecule is Cc1cc(Cl)ccc1NC(=O)c1ccc2c(c1)N(C)C(=O)CCO2. The van der Waals surface area contributed by atoms with Crippen LogP contribution in [0.25, 0.3) is 0 Å². The molecule has 24 heavy (non-hydrogen) atoms. The van der Waals surface area contributed by atoms with Gasteiger partial charge in [0.1, 0.15) is 5.75 Å². The second-order valence-corrected chi connectivity index (χ2v) is 6.08. The first-order valence-corrected chi connectivity index (χ1v) is 7.94. The number of hydrogen-bond acceptors (Lipinski definition) is 3. The number of anilines is 2. The quantitative estimate of drug-likeness (QED) is 0.904. The van der Waals surface area contributed by atoms with Crippen LogP contribution in [0.1, 0.15) is 22.3 Å². The predicted molar refractivity (Wildman–Crippen MR) is 94.1 cm³/mol. The van der Waals surface area contributed by atoms with E-state index < -0.39 is 0 Å². The molecule has 6 heteroatoms. The Bertz CT molecular complexity index is 820. The van der Waals surface area contributed by atoms with E-state index in [0.29, 0.717) is 40.7 Å². The number of nitrogens with zero attached hydrogens (tertiary/aromatic N) is 1. The predicted octanol–water partition coefficient (Wildman–Crippen LogP) is 3.65. The molecule has 124 valence electrons. The number of fused-ring (bicyclic) bond motifs is 1. The molecule has 0 unspecified atom stereocenters. The lowest BCUT2D eigenvalue weighted by molar-refractivity contribution is -0.118. The van der Waals surface area contributed by atoms with Crippen LogP contribution in [0, 0.1) is 6.92 Å². The van der Waals surface area contributed by atoms with E-state index in [-0.39, 0.29) is 11.8 Å². The van der Waals surface area contributed by atoms with Crippen molar-refractivity contribution >= 4 is 34.8 Å². The molecule has 1 aliphatic rings. The standard InChI is InChI=1S/C18H17ClN2O3/c1-11-9-13(19)4-5-14(11)20-18(23)12-3-6-16-15(10-12)21(2)17(22)7-8-24-16/h3-6,9-10H,7-8H2,1-2H3,(H,20,23). The molecule has 1 N–H and O–H groups in total. The van der Waals surface area contributed by atoms with Crippen LogP contribution in [0.5, 0.6) is 5.75 Å². The fourth-order valence-electron chi connectivity index (χ4n) is 2.55. The first-order chi connectivity index (χ1) is 11.5. The third-order valence-corrected chi connectivity index (χ3v) is 4.20. The lowest BCUT2D eigenvalue weighted by Gasteiger charge is -2.17.